The zero-order chi connectivity index (χ0) is 13.9. The van der Waals surface area contributed by atoms with E-state index in [9.17, 15) is 0 Å². The van der Waals surface area contributed by atoms with Crippen LogP contribution in [0.15, 0.2) is 18.2 Å². The van der Waals surface area contributed by atoms with Crippen LogP contribution in [0.5, 0.6) is 11.5 Å². The van der Waals surface area contributed by atoms with Crippen LogP contribution in [0, 0.1) is 6.92 Å². The third kappa shape index (κ3) is 6.51. The fourth-order valence-electron chi connectivity index (χ4n) is 1.90. The number of rotatable bonds is 10. The van der Waals surface area contributed by atoms with Gasteiger partial charge >= 0.3 is 0 Å². The van der Waals surface area contributed by atoms with E-state index in [1.165, 1.54) is 31.2 Å². The molecule has 108 valence electrons. The van der Waals surface area contributed by atoms with Crippen LogP contribution in [0.1, 0.15) is 57.9 Å². The summed E-state index contributed by atoms with van der Waals surface area (Å²) in [6.07, 6.45) is 7.15. The first kappa shape index (κ1) is 15.9. The van der Waals surface area contributed by atoms with Crippen LogP contribution in [0.25, 0.3) is 0 Å². The summed E-state index contributed by atoms with van der Waals surface area (Å²) in [7, 11) is 0. The molecule has 0 atom stereocenters. The van der Waals surface area contributed by atoms with Gasteiger partial charge in [-0.2, -0.15) is 0 Å². The van der Waals surface area contributed by atoms with E-state index in [2.05, 4.69) is 26.8 Å². The van der Waals surface area contributed by atoms with E-state index in [1.807, 2.05) is 12.1 Å². The lowest BCUT2D eigenvalue weighted by Gasteiger charge is -2.12. The van der Waals surface area contributed by atoms with E-state index in [4.69, 9.17) is 9.47 Å². The van der Waals surface area contributed by atoms with E-state index in [0.717, 1.165) is 37.6 Å². The van der Waals surface area contributed by atoms with Gasteiger partial charge < -0.3 is 9.47 Å². The van der Waals surface area contributed by atoms with E-state index in [-0.39, 0.29) is 0 Å². The fourth-order valence-corrected chi connectivity index (χ4v) is 1.90. The van der Waals surface area contributed by atoms with Crippen LogP contribution in [-0.4, -0.2) is 13.2 Å². The average molecular weight is 264 g/mol. The second-order valence-corrected chi connectivity index (χ2v) is 5.04. The van der Waals surface area contributed by atoms with Crippen LogP contribution >= 0.6 is 0 Å². The summed E-state index contributed by atoms with van der Waals surface area (Å²) in [6.45, 7) is 8.08. The minimum atomic E-state index is 0.798. The van der Waals surface area contributed by atoms with Crippen molar-refractivity contribution in [2.24, 2.45) is 0 Å². The monoisotopic (exact) mass is 264 g/mol. The molecule has 0 aliphatic rings. The maximum absolute atomic E-state index is 5.83. The van der Waals surface area contributed by atoms with Crippen LogP contribution in [0.2, 0.25) is 0 Å². The first-order valence-electron chi connectivity index (χ1n) is 7.64. The SMILES string of the molecule is CCCCCOc1ccc(C)c(OCCCCC)c1. The molecule has 0 spiro atoms. The van der Waals surface area contributed by atoms with Gasteiger partial charge in [0.05, 0.1) is 13.2 Å². The zero-order valence-corrected chi connectivity index (χ0v) is 12.7. The average Bonchev–Trinajstić information content (AvgIpc) is 2.42. The van der Waals surface area contributed by atoms with E-state index >= 15 is 0 Å². The first-order valence-corrected chi connectivity index (χ1v) is 7.64. The molecule has 1 aromatic rings. The lowest BCUT2D eigenvalue weighted by molar-refractivity contribution is 0.290. The van der Waals surface area contributed by atoms with E-state index in [0.29, 0.717) is 0 Å². The van der Waals surface area contributed by atoms with Gasteiger partial charge in [-0.1, -0.05) is 45.6 Å². The molecule has 0 amide bonds. The number of unbranched alkanes of at least 4 members (excludes halogenated alkanes) is 4. The Bertz CT molecular complexity index is 347. The van der Waals surface area contributed by atoms with Crippen LogP contribution in [-0.2, 0) is 0 Å². The summed E-state index contributed by atoms with van der Waals surface area (Å²) < 4.78 is 11.6. The molecule has 0 aliphatic heterocycles. The normalized spacial score (nSPS) is 10.5. The van der Waals surface area contributed by atoms with Crippen molar-refractivity contribution in [3.05, 3.63) is 23.8 Å². The summed E-state index contributed by atoms with van der Waals surface area (Å²) in [5, 5.41) is 0. The molecule has 0 fully saturated rings. The molecule has 0 saturated carbocycles. The number of benzene rings is 1. The molecule has 1 rings (SSSR count). The van der Waals surface area contributed by atoms with Gasteiger partial charge in [-0.15, -0.1) is 0 Å². The Labute approximate surface area is 118 Å². The summed E-state index contributed by atoms with van der Waals surface area (Å²) in [6, 6.07) is 6.12. The van der Waals surface area contributed by atoms with Crippen molar-refractivity contribution in [1.82, 2.24) is 0 Å². The highest BCUT2D eigenvalue weighted by atomic mass is 16.5. The number of hydrogen-bond acceptors (Lipinski definition) is 2. The largest absolute Gasteiger partial charge is 0.493 e. The van der Waals surface area contributed by atoms with Crippen LogP contribution < -0.4 is 9.47 Å². The Morgan fingerprint density at radius 3 is 2.11 bits per heavy atom. The molecule has 0 aromatic heterocycles. The molecular weight excluding hydrogens is 236 g/mol. The number of hydrogen-bond donors (Lipinski definition) is 0. The van der Waals surface area contributed by atoms with Gasteiger partial charge in [0.25, 0.3) is 0 Å². The molecule has 0 aliphatic carbocycles. The van der Waals surface area contributed by atoms with Crippen LogP contribution in [0.4, 0.5) is 0 Å². The molecule has 19 heavy (non-hydrogen) atoms. The van der Waals surface area contributed by atoms with E-state index < -0.39 is 0 Å². The molecule has 0 bridgehead atoms. The van der Waals surface area contributed by atoms with Crippen molar-refractivity contribution < 1.29 is 9.47 Å². The third-order valence-electron chi connectivity index (χ3n) is 3.18. The highest BCUT2D eigenvalue weighted by Gasteiger charge is 2.02. The predicted octanol–water partition coefficient (Wildman–Crippen LogP) is 5.13. The minimum Gasteiger partial charge on any atom is -0.493 e. The Balaban J connectivity index is 2.42. The molecular formula is C17H28O2. The lowest BCUT2D eigenvalue weighted by atomic mass is 10.2. The Morgan fingerprint density at radius 1 is 0.842 bits per heavy atom. The van der Waals surface area contributed by atoms with Crippen molar-refractivity contribution in [3.8, 4) is 11.5 Å². The minimum absolute atomic E-state index is 0.798. The van der Waals surface area contributed by atoms with Crippen molar-refractivity contribution in [2.75, 3.05) is 13.2 Å². The molecule has 0 heterocycles. The van der Waals surface area contributed by atoms with Crippen LogP contribution in [0.3, 0.4) is 0 Å². The maximum Gasteiger partial charge on any atom is 0.125 e. The molecule has 0 unspecified atom stereocenters. The van der Waals surface area contributed by atoms with Gasteiger partial charge in [-0.3, -0.25) is 0 Å². The second-order valence-electron chi connectivity index (χ2n) is 5.04. The third-order valence-corrected chi connectivity index (χ3v) is 3.18. The molecule has 2 heteroatoms. The molecule has 0 saturated heterocycles. The Hall–Kier alpha value is -1.18. The number of aryl methyl sites for hydroxylation is 1. The smallest absolute Gasteiger partial charge is 0.125 e. The number of ether oxygens (including phenoxy) is 2. The molecule has 0 radical (unpaired) electrons. The van der Waals surface area contributed by atoms with Gasteiger partial charge in [-0.05, 0) is 31.4 Å². The standard InChI is InChI=1S/C17H28O2/c1-4-6-8-12-18-16-11-10-15(3)17(14-16)19-13-9-7-5-2/h10-11,14H,4-9,12-13H2,1-3H3. The highest BCUT2D eigenvalue weighted by Crippen LogP contribution is 2.24. The lowest BCUT2D eigenvalue weighted by Crippen LogP contribution is -2.01. The fraction of sp³-hybridized carbons (Fsp3) is 0.647. The second kappa shape index (κ2) is 9.71. The predicted molar refractivity (Wildman–Crippen MR) is 81.2 cm³/mol. The Kier molecular flexibility index (Phi) is 8.11. The van der Waals surface area contributed by atoms with Gasteiger partial charge in [-0.25, -0.2) is 0 Å². The Morgan fingerprint density at radius 2 is 1.47 bits per heavy atom. The van der Waals surface area contributed by atoms with Crippen molar-refractivity contribution in [1.29, 1.82) is 0 Å². The summed E-state index contributed by atoms with van der Waals surface area (Å²) in [5.41, 5.74) is 1.18. The van der Waals surface area contributed by atoms with Gasteiger partial charge in [0.2, 0.25) is 0 Å². The van der Waals surface area contributed by atoms with Gasteiger partial charge in [0.15, 0.2) is 0 Å². The summed E-state index contributed by atoms with van der Waals surface area (Å²) in [5.74, 6) is 1.89. The van der Waals surface area contributed by atoms with Gasteiger partial charge in [0.1, 0.15) is 11.5 Å². The molecule has 2 nitrogen and oxygen atoms in total. The first-order chi connectivity index (χ1) is 9.27. The van der Waals surface area contributed by atoms with Crippen molar-refractivity contribution >= 4 is 0 Å². The summed E-state index contributed by atoms with van der Waals surface area (Å²) >= 11 is 0. The molecule has 0 N–H and O–H groups in total. The quantitative estimate of drug-likeness (QED) is 0.545. The topological polar surface area (TPSA) is 18.5 Å². The molecule has 1 aromatic carbocycles. The van der Waals surface area contributed by atoms with Crippen molar-refractivity contribution in [3.63, 3.8) is 0 Å². The zero-order valence-electron chi connectivity index (χ0n) is 12.7. The van der Waals surface area contributed by atoms with Gasteiger partial charge in [0, 0.05) is 6.07 Å². The summed E-state index contributed by atoms with van der Waals surface area (Å²) in [4.78, 5) is 0. The maximum atomic E-state index is 5.83. The highest BCUT2D eigenvalue weighted by molar-refractivity contribution is 5.39. The van der Waals surface area contributed by atoms with E-state index in [1.54, 1.807) is 0 Å². The van der Waals surface area contributed by atoms with Crippen molar-refractivity contribution in [2.45, 2.75) is 59.3 Å².